The van der Waals surface area contributed by atoms with E-state index < -0.39 is 9.84 Å². The summed E-state index contributed by atoms with van der Waals surface area (Å²) in [5.41, 5.74) is 2.08. The zero-order chi connectivity index (χ0) is 20.3. The molecule has 2 heterocycles. The third-order valence-corrected chi connectivity index (χ3v) is 7.88. The molecule has 0 aliphatic carbocycles. The summed E-state index contributed by atoms with van der Waals surface area (Å²) in [5, 5.41) is 6.24. The number of aromatic nitrogens is 1. The summed E-state index contributed by atoms with van der Waals surface area (Å²) >= 11 is 7.74. The summed E-state index contributed by atoms with van der Waals surface area (Å²) < 4.78 is 25.2. The van der Waals surface area contributed by atoms with Crippen molar-refractivity contribution in [2.75, 3.05) is 18.4 Å². The second-order valence-electron chi connectivity index (χ2n) is 7.18. The molecule has 0 amide bonds. The number of likely N-dealkylation sites (tertiary alicyclic amines) is 1. The Labute approximate surface area is 180 Å². The van der Waals surface area contributed by atoms with Gasteiger partial charge < -0.3 is 5.32 Å². The molecule has 0 bridgehead atoms. The van der Waals surface area contributed by atoms with Crippen LogP contribution in [-0.2, 0) is 22.1 Å². The highest BCUT2D eigenvalue weighted by atomic mass is 35.5. The summed E-state index contributed by atoms with van der Waals surface area (Å²) in [6.07, 6.45) is 2.63. The molecular weight excluding hydrogens is 426 g/mol. The zero-order valence-corrected chi connectivity index (χ0v) is 18.2. The average molecular weight is 448 g/mol. The van der Waals surface area contributed by atoms with Crippen LogP contribution in [0.25, 0.3) is 0 Å². The molecule has 0 saturated carbocycles. The molecular formula is C21H22ClN3O2S2. The van der Waals surface area contributed by atoms with Gasteiger partial charge in [0.2, 0.25) is 0 Å². The Bertz CT molecular complexity index is 1060. The van der Waals surface area contributed by atoms with Crippen molar-refractivity contribution in [3.8, 4) is 0 Å². The van der Waals surface area contributed by atoms with Gasteiger partial charge in [-0.15, -0.1) is 11.3 Å². The van der Waals surface area contributed by atoms with Crippen molar-refractivity contribution >= 4 is 38.5 Å². The molecule has 1 unspecified atom stereocenters. The van der Waals surface area contributed by atoms with E-state index in [-0.39, 0.29) is 16.7 Å². The Hall–Kier alpha value is -1.93. The molecule has 152 valence electrons. The van der Waals surface area contributed by atoms with E-state index in [2.05, 4.69) is 39.5 Å². The van der Waals surface area contributed by atoms with Crippen LogP contribution in [0.1, 0.15) is 17.0 Å². The molecule has 1 aliphatic rings. The van der Waals surface area contributed by atoms with E-state index in [0.29, 0.717) is 10.0 Å². The summed E-state index contributed by atoms with van der Waals surface area (Å²) in [4.78, 5) is 6.69. The Morgan fingerprint density at radius 1 is 1.21 bits per heavy atom. The van der Waals surface area contributed by atoms with Crippen LogP contribution in [0.4, 0.5) is 5.69 Å². The van der Waals surface area contributed by atoms with Crippen molar-refractivity contribution in [3.63, 3.8) is 0 Å². The van der Waals surface area contributed by atoms with Gasteiger partial charge in [0.1, 0.15) is 10.8 Å². The smallest absolute Gasteiger partial charge is 0.184 e. The first-order valence-electron chi connectivity index (χ1n) is 9.43. The second kappa shape index (κ2) is 8.83. The van der Waals surface area contributed by atoms with Gasteiger partial charge in [-0.25, -0.2) is 13.4 Å². The van der Waals surface area contributed by atoms with E-state index in [1.165, 1.54) is 23.0 Å². The highest BCUT2D eigenvalue weighted by Crippen LogP contribution is 2.29. The highest BCUT2D eigenvalue weighted by Gasteiger charge is 2.24. The zero-order valence-electron chi connectivity index (χ0n) is 15.8. The molecule has 2 aromatic carbocycles. The van der Waals surface area contributed by atoms with Gasteiger partial charge in [-0.3, -0.25) is 4.90 Å². The lowest BCUT2D eigenvalue weighted by Gasteiger charge is -2.18. The van der Waals surface area contributed by atoms with E-state index in [1.54, 1.807) is 23.7 Å². The maximum absolute atomic E-state index is 12.6. The minimum Gasteiger partial charge on any atom is -0.380 e. The van der Waals surface area contributed by atoms with Crippen molar-refractivity contribution in [3.05, 3.63) is 75.7 Å². The number of nitrogens with zero attached hydrogens (tertiary/aromatic N) is 2. The topological polar surface area (TPSA) is 62.3 Å². The van der Waals surface area contributed by atoms with Crippen molar-refractivity contribution in [1.29, 1.82) is 0 Å². The first-order valence-corrected chi connectivity index (χ1v) is 12.3. The fourth-order valence-electron chi connectivity index (χ4n) is 3.53. The normalized spacial score (nSPS) is 17.5. The molecule has 4 rings (SSSR count). The van der Waals surface area contributed by atoms with Crippen LogP contribution in [0.3, 0.4) is 0 Å². The molecule has 1 fully saturated rings. The van der Waals surface area contributed by atoms with Crippen molar-refractivity contribution in [2.45, 2.75) is 29.7 Å². The lowest BCUT2D eigenvalue weighted by atomic mass is 10.2. The molecule has 1 saturated heterocycles. The van der Waals surface area contributed by atoms with Crippen LogP contribution in [0.15, 0.2) is 65.0 Å². The SMILES string of the molecule is O=S(=O)(Cc1nccs1)c1ccc(NC2CCN(Cc3ccccc3)C2)c(Cl)c1. The number of nitrogens with one attached hydrogen (secondary N) is 1. The standard InChI is InChI=1S/C21H22ClN3O2S2/c22-19-12-18(29(26,27)15-21-23-9-11-28-21)6-7-20(19)24-17-8-10-25(14-17)13-16-4-2-1-3-5-16/h1-7,9,11-12,17,24H,8,10,13-15H2. The number of hydrogen-bond acceptors (Lipinski definition) is 6. The van der Waals surface area contributed by atoms with Gasteiger partial charge in [-0.2, -0.15) is 0 Å². The molecule has 0 spiro atoms. The van der Waals surface area contributed by atoms with Crippen molar-refractivity contribution in [2.24, 2.45) is 0 Å². The quantitative estimate of drug-likeness (QED) is 0.579. The monoisotopic (exact) mass is 447 g/mol. The fourth-order valence-corrected chi connectivity index (χ4v) is 6.11. The predicted molar refractivity (Wildman–Crippen MR) is 118 cm³/mol. The highest BCUT2D eigenvalue weighted by molar-refractivity contribution is 7.90. The lowest BCUT2D eigenvalue weighted by molar-refractivity contribution is 0.328. The Morgan fingerprint density at radius 3 is 2.76 bits per heavy atom. The van der Waals surface area contributed by atoms with Gasteiger partial charge in [-0.05, 0) is 30.2 Å². The number of thiazole rings is 1. The van der Waals surface area contributed by atoms with Crippen LogP contribution in [0, 0.1) is 0 Å². The first-order chi connectivity index (χ1) is 14.0. The molecule has 0 radical (unpaired) electrons. The van der Waals surface area contributed by atoms with E-state index >= 15 is 0 Å². The van der Waals surface area contributed by atoms with Gasteiger partial charge >= 0.3 is 0 Å². The number of benzene rings is 2. The molecule has 1 N–H and O–H groups in total. The number of sulfone groups is 1. The molecule has 8 heteroatoms. The number of anilines is 1. The van der Waals surface area contributed by atoms with Crippen LogP contribution >= 0.6 is 22.9 Å². The number of rotatable bonds is 7. The summed E-state index contributed by atoms with van der Waals surface area (Å²) in [7, 11) is -3.47. The largest absolute Gasteiger partial charge is 0.380 e. The molecule has 5 nitrogen and oxygen atoms in total. The summed E-state index contributed by atoms with van der Waals surface area (Å²) in [5.74, 6) is -0.106. The fraction of sp³-hybridized carbons (Fsp3) is 0.286. The Balaban J connectivity index is 1.39. The molecule has 3 aromatic rings. The average Bonchev–Trinajstić information content (AvgIpc) is 3.36. The molecule has 1 aromatic heterocycles. The predicted octanol–water partition coefficient (Wildman–Crippen LogP) is 4.46. The minimum atomic E-state index is -3.47. The van der Waals surface area contributed by atoms with E-state index in [9.17, 15) is 8.42 Å². The maximum Gasteiger partial charge on any atom is 0.184 e. The van der Waals surface area contributed by atoms with Gasteiger partial charge in [0.15, 0.2) is 9.84 Å². The number of hydrogen-bond donors (Lipinski definition) is 1. The number of halogens is 1. The summed E-state index contributed by atoms with van der Waals surface area (Å²) in [6, 6.07) is 15.6. The van der Waals surface area contributed by atoms with Crippen LogP contribution in [0.2, 0.25) is 5.02 Å². The molecule has 29 heavy (non-hydrogen) atoms. The maximum atomic E-state index is 12.6. The second-order valence-corrected chi connectivity index (χ2v) is 10.6. The van der Waals surface area contributed by atoms with Crippen LogP contribution in [-0.4, -0.2) is 37.4 Å². The van der Waals surface area contributed by atoms with Crippen molar-refractivity contribution in [1.82, 2.24) is 9.88 Å². The summed E-state index contributed by atoms with van der Waals surface area (Å²) in [6.45, 7) is 2.88. The lowest BCUT2D eigenvalue weighted by Crippen LogP contribution is -2.26. The van der Waals surface area contributed by atoms with Crippen LogP contribution < -0.4 is 5.32 Å². The van der Waals surface area contributed by atoms with Gasteiger partial charge in [0.05, 0.1) is 15.6 Å². The van der Waals surface area contributed by atoms with Gasteiger partial charge in [-0.1, -0.05) is 41.9 Å². The van der Waals surface area contributed by atoms with Crippen molar-refractivity contribution < 1.29 is 8.42 Å². The third-order valence-electron chi connectivity index (χ3n) is 4.98. The van der Waals surface area contributed by atoms with E-state index in [1.807, 2.05) is 6.07 Å². The van der Waals surface area contributed by atoms with Gasteiger partial charge in [0.25, 0.3) is 0 Å². The van der Waals surface area contributed by atoms with E-state index in [4.69, 9.17) is 11.6 Å². The molecule has 1 aliphatic heterocycles. The third kappa shape index (κ3) is 5.17. The minimum absolute atomic E-state index is 0.106. The Kier molecular flexibility index (Phi) is 6.20. The van der Waals surface area contributed by atoms with E-state index in [0.717, 1.165) is 31.7 Å². The van der Waals surface area contributed by atoms with Crippen LogP contribution in [0.5, 0.6) is 0 Å². The molecule has 1 atom stereocenters. The first kappa shape index (κ1) is 20.3. The van der Waals surface area contributed by atoms with Gasteiger partial charge in [0, 0.05) is 37.3 Å². The Morgan fingerprint density at radius 2 is 2.03 bits per heavy atom.